The van der Waals surface area contributed by atoms with Gasteiger partial charge in [0.2, 0.25) is 0 Å². The third-order valence-corrected chi connectivity index (χ3v) is 12.8. The van der Waals surface area contributed by atoms with Crippen LogP contribution in [0.5, 0.6) is 0 Å². The zero-order valence-corrected chi connectivity index (χ0v) is 36.7. The summed E-state index contributed by atoms with van der Waals surface area (Å²) in [4.78, 5) is 4.85. The number of hydrogen-bond acceptors (Lipinski definition) is 2. The first kappa shape index (κ1) is 41.2. The molecule has 0 aliphatic heterocycles. The molecule has 0 saturated heterocycles. The monoisotopic (exact) mass is 816 g/mol. The van der Waals surface area contributed by atoms with Gasteiger partial charge in [-0.15, -0.1) is 0 Å². The van der Waals surface area contributed by atoms with Crippen LogP contribution in [0.25, 0.3) is 33.4 Å². The predicted molar refractivity (Wildman–Crippen MR) is 271 cm³/mol. The second-order valence-electron chi connectivity index (χ2n) is 16.8. The van der Waals surface area contributed by atoms with Crippen molar-refractivity contribution < 1.29 is 0 Å². The van der Waals surface area contributed by atoms with Gasteiger partial charge in [-0.3, -0.25) is 0 Å². The highest BCUT2D eigenvalue weighted by molar-refractivity contribution is 5.80. The molecule has 63 heavy (non-hydrogen) atoms. The number of rotatable bonds is 12. The van der Waals surface area contributed by atoms with Crippen molar-refractivity contribution in [3.8, 4) is 22.3 Å². The van der Waals surface area contributed by atoms with Gasteiger partial charge in [-0.05, 0) is 156 Å². The van der Waals surface area contributed by atoms with E-state index in [9.17, 15) is 0 Å². The summed E-state index contributed by atoms with van der Waals surface area (Å²) in [5, 5.41) is 0. The fourth-order valence-corrected chi connectivity index (χ4v) is 9.36. The highest BCUT2D eigenvalue weighted by atomic mass is 15.2. The molecule has 2 heteroatoms. The Bertz CT molecular complexity index is 2740. The summed E-state index contributed by atoms with van der Waals surface area (Å²) < 4.78 is 0. The number of allylic oxidation sites excluding steroid dienone is 15. The highest BCUT2D eigenvalue weighted by Crippen LogP contribution is 2.41. The molecule has 2 nitrogen and oxygen atoms in total. The molecule has 3 atom stereocenters. The van der Waals surface area contributed by atoms with Gasteiger partial charge in [-0.25, -0.2) is 0 Å². The van der Waals surface area contributed by atoms with Gasteiger partial charge in [-0.1, -0.05) is 177 Å². The van der Waals surface area contributed by atoms with Crippen LogP contribution in [-0.2, 0) is 0 Å². The van der Waals surface area contributed by atoms with Crippen molar-refractivity contribution in [2.75, 3.05) is 9.80 Å². The van der Waals surface area contributed by atoms with E-state index in [1.807, 2.05) is 0 Å². The van der Waals surface area contributed by atoms with Crippen molar-refractivity contribution >= 4 is 33.9 Å². The fourth-order valence-electron chi connectivity index (χ4n) is 9.36. The lowest BCUT2D eigenvalue weighted by molar-refractivity contribution is 0.389. The minimum atomic E-state index is 0.490. The Morgan fingerprint density at radius 3 is 1.54 bits per heavy atom. The van der Waals surface area contributed by atoms with Crippen molar-refractivity contribution in [1.29, 1.82) is 0 Å². The molecule has 3 aliphatic carbocycles. The molecule has 6 aromatic rings. The average molecular weight is 817 g/mol. The van der Waals surface area contributed by atoms with Gasteiger partial charge in [0.1, 0.15) is 0 Å². The summed E-state index contributed by atoms with van der Waals surface area (Å²) in [5.41, 5.74) is 17.1. The molecule has 3 aliphatic rings. The van der Waals surface area contributed by atoms with Gasteiger partial charge < -0.3 is 9.80 Å². The summed E-state index contributed by atoms with van der Waals surface area (Å²) >= 11 is 0. The molecule has 0 fully saturated rings. The number of nitrogens with zero attached hydrogens (tertiary/aromatic N) is 2. The molecule has 0 aromatic heterocycles. The van der Waals surface area contributed by atoms with Gasteiger partial charge in [0.15, 0.2) is 0 Å². The van der Waals surface area contributed by atoms with Gasteiger partial charge in [-0.2, -0.15) is 0 Å². The molecule has 0 amide bonds. The summed E-state index contributed by atoms with van der Waals surface area (Å²) in [5.74, 6) is 1.55. The quantitative estimate of drug-likeness (QED) is 0.114. The summed E-state index contributed by atoms with van der Waals surface area (Å²) in [6.45, 7) is 6.51. The van der Waals surface area contributed by atoms with Crippen molar-refractivity contribution in [3.05, 3.63) is 253 Å². The Kier molecular flexibility index (Phi) is 12.6. The summed E-state index contributed by atoms with van der Waals surface area (Å²) in [6, 6.07) is 57.5. The highest BCUT2D eigenvalue weighted by Gasteiger charge is 2.26. The van der Waals surface area contributed by atoms with Crippen LogP contribution in [0.2, 0.25) is 0 Å². The molecule has 6 aromatic carbocycles. The van der Waals surface area contributed by atoms with E-state index >= 15 is 0 Å². The number of benzene rings is 6. The molecule has 310 valence electrons. The first-order valence-electron chi connectivity index (χ1n) is 22.6. The largest absolute Gasteiger partial charge is 0.314 e. The van der Waals surface area contributed by atoms with Crippen molar-refractivity contribution in [3.63, 3.8) is 0 Å². The molecular formula is C61H56N2. The topological polar surface area (TPSA) is 6.48 Å². The number of anilines is 4. The number of hydrogen-bond donors (Lipinski definition) is 0. The molecule has 0 radical (unpaired) electrons. The van der Waals surface area contributed by atoms with Gasteiger partial charge in [0.25, 0.3) is 0 Å². The Labute approximate surface area is 375 Å². The second-order valence-corrected chi connectivity index (χ2v) is 16.8. The second kappa shape index (κ2) is 19.3. The van der Waals surface area contributed by atoms with Gasteiger partial charge in [0.05, 0.1) is 0 Å². The van der Waals surface area contributed by atoms with Gasteiger partial charge in [0, 0.05) is 34.1 Å². The smallest absolute Gasteiger partial charge is 0.0461 e. The molecule has 3 unspecified atom stereocenters. The lowest BCUT2D eigenvalue weighted by atomic mass is 9.77. The van der Waals surface area contributed by atoms with Crippen LogP contribution in [0, 0.1) is 17.8 Å². The van der Waals surface area contributed by atoms with Crippen LogP contribution in [0.3, 0.4) is 0 Å². The zero-order valence-electron chi connectivity index (χ0n) is 36.7. The van der Waals surface area contributed by atoms with E-state index in [0.717, 1.165) is 42.0 Å². The van der Waals surface area contributed by atoms with Crippen LogP contribution in [0.4, 0.5) is 22.7 Å². The molecule has 9 rings (SSSR count). The minimum Gasteiger partial charge on any atom is -0.314 e. The third kappa shape index (κ3) is 9.22. The lowest BCUT2D eigenvalue weighted by Gasteiger charge is -2.32. The Morgan fingerprint density at radius 1 is 0.524 bits per heavy atom. The molecule has 0 N–H and O–H groups in total. The van der Waals surface area contributed by atoms with Crippen LogP contribution < -0.4 is 9.80 Å². The molecule has 0 heterocycles. The maximum atomic E-state index is 2.44. The van der Waals surface area contributed by atoms with E-state index in [-0.39, 0.29) is 0 Å². The fraction of sp³-hybridized carbons (Fsp3) is 0.148. The normalized spacial score (nSPS) is 18.5. The van der Waals surface area contributed by atoms with Crippen LogP contribution in [0.1, 0.15) is 51.2 Å². The van der Waals surface area contributed by atoms with Crippen LogP contribution in [-0.4, -0.2) is 0 Å². The first-order chi connectivity index (χ1) is 31.1. The van der Waals surface area contributed by atoms with Crippen LogP contribution >= 0.6 is 0 Å². The molecule has 0 bridgehead atoms. The lowest BCUT2D eigenvalue weighted by Crippen LogP contribution is -2.22. The van der Waals surface area contributed by atoms with Gasteiger partial charge >= 0.3 is 0 Å². The third-order valence-electron chi connectivity index (χ3n) is 12.8. The Balaban J connectivity index is 1.00. The van der Waals surface area contributed by atoms with E-state index in [2.05, 4.69) is 261 Å². The SMILES string of the molecule is C/C=C\C(=C/C)c1ccc(N(C2=CC=C(c3ccc(N(C4=CCC(C5C=CC=CC5C)C=C4)c4ccc(-c5ccccc5)cc4)cc3)CC2)c2ccc(-c3ccccc3)cc2)cc1. The first-order valence-corrected chi connectivity index (χ1v) is 22.6. The Hall–Kier alpha value is -7.16. The molecule has 0 saturated carbocycles. The summed E-state index contributed by atoms with van der Waals surface area (Å²) in [6.07, 6.45) is 30.4. The predicted octanol–water partition coefficient (Wildman–Crippen LogP) is 16.9. The molecule has 0 spiro atoms. The van der Waals surface area contributed by atoms with Crippen molar-refractivity contribution in [2.24, 2.45) is 17.8 Å². The van der Waals surface area contributed by atoms with E-state index in [0.29, 0.717) is 17.8 Å². The Morgan fingerprint density at radius 2 is 1.05 bits per heavy atom. The van der Waals surface area contributed by atoms with Crippen molar-refractivity contribution in [1.82, 2.24) is 0 Å². The average Bonchev–Trinajstić information content (AvgIpc) is 3.35. The zero-order chi connectivity index (χ0) is 43.0. The van der Waals surface area contributed by atoms with E-state index in [1.165, 1.54) is 55.9 Å². The van der Waals surface area contributed by atoms with Crippen molar-refractivity contribution in [2.45, 2.75) is 40.0 Å². The van der Waals surface area contributed by atoms with Crippen LogP contribution in [0.15, 0.2) is 242 Å². The van der Waals surface area contributed by atoms with E-state index < -0.39 is 0 Å². The maximum absolute atomic E-state index is 2.44. The molecular weight excluding hydrogens is 761 g/mol. The van der Waals surface area contributed by atoms with E-state index in [1.54, 1.807) is 0 Å². The van der Waals surface area contributed by atoms with E-state index in [4.69, 9.17) is 0 Å². The standard InChI is InChI=1S/C61H56N2/c1-4-14-46(5-2)49-21-33-55(34-22-49)62(56-35-23-50(24-36-56)47-16-8-6-9-17-47)58-39-27-52(28-40-58)53-29-41-59(42-30-53)63(57-37-25-51(26-38-57)48-18-10-7-11-19-48)60-43-31-54(32-44-60)61-20-13-12-15-45(61)3/h4-27,29-31,33-39,41-45,54,61H,28,32,40H2,1-3H3/b14-4-,46-5+. The summed E-state index contributed by atoms with van der Waals surface area (Å²) in [7, 11) is 0. The minimum absolute atomic E-state index is 0.490. The maximum Gasteiger partial charge on any atom is 0.0461 e.